The summed E-state index contributed by atoms with van der Waals surface area (Å²) in [6.07, 6.45) is -1.34. The molecule has 0 fully saturated rings. The predicted molar refractivity (Wildman–Crippen MR) is 113 cm³/mol. The fraction of sp³-hybridized carbons (Fsp3) is 0.200. The number of aliphatic hydroxyl groups is 1. The largest absolute Gasteiger partial charge is 0.484 e. The molecule has 1 heterocycles. The van der Waals surface area contributed by atoms with Gasteiger partial charge in [-0.05, 0) is 35.4 Å². The van der Waals surface area contributed by atoms with Gasteiger partial charge in [-0.2, -0.15) is 0 Å². The monoisotopic (exact) mass is 418 g/mol. The Kier molecular flexibility index (Phi) is 5.73. The topological polar surface area (TPSA) is 82.1 Å². The summed E-state index contributed by atoms with van der Waals surface area (Å²) >= 11 is 0. The van der Waals surface area contributed by atoms with Gasteiger partial charge in [-0.15, -0.1) is 0 Å². The van der Waals surface area contributed by atoms with Crippen LogP contribution in [0.3, 0.4) is 0 Å². The van der Waals surface area contributed by atoms with Gasteiger partial charge in [-0.3, -0.25) is 9.59 Å². The number of carbonyl (C=O) groups excluding carboxylic acids is 2. The van der Waals surface area contributed by atoms with E-state index >= 15 is 0 Å². The molecule has 1 aliphatic rings. The normalized spacial score (nSPS) is 19.6. The molecule has 4 rings (SSSR count). The van der Waals surface area contributed by atoms with E-state index in [-0.39, 0.29) is 0 Å². The minimum Gasteiger partial charge on any atom is -0.484 e. The highest BCUT2D eigenvalue weighted by atomic mass is 16.5. The highest BCUT2D eigenvalue weighted by Crippen LogP contribution is 2.50. The Morgan fingerprint density at radius 3 is 2.06 bits per heavy atom. The van der Waals surface area contributed by atoms with Crippen molar-refractivity contribution in [1.29, 1.82) is 0 Å². The zero-order valence-electron chi connectivity index (χ0n) is 17.1. The number of hydrogen-bond donors (Lipinski definition) is 1. The first kappa shape index (κ1) is 20.6. The molecule has 0 aliphatic carbocycles. The molecule has 0 spiro atoms. The number of benzene rings is 3. The standard InChI is InChI=1S/C25H22O6/c1-15(26)29-19-10-8-17(9-11-19)23-24(28)21-13-12-20(30-16(2)27)14-22(21)31-25(23)18-6-4-3-5-7-18/h3-14,23-25,28H,1-2H3. The van der Waals surface area contributed by atoms with Crippen LogP contribution in [0.25, 0.3) is 0 Å². The Hall–Kier alpha value is -3.64. The van der Waals surface area contributed by atoms with Gasteiger partial charge in [0.1, 0.15) is 23.4 Å². The van der Waals surface area contributed by atoms with Crippen molar-refractivity contribution in [2.45, 2.75) is 32.0 Å². The fourth-order valence-corrected chi connectivity index (χ4v) is 3.86. The third kappa shape index (κ3) is 4.44. The first-order valence-electron chi connectivity index (χ1n) is 9.93. The Balaban J connectivity index is 1.75. The van der Waals surface area contributed by atoms with Crippen molar-refractivity contribution in [3.63, 3.8) is 0 Å². The second-order valence-electron chi connectivity index (χ2n) is 7.38. The molecule has 0 saturated heterocycles. The minimum atomic E-state index is -0.861. The molecule has 3 aromatic rings. The van der Waals surface area contributed by atoms with Gasteiger partial charge in [0.05, 0.1) is 12.0 Å². The molecule has 1 aliphatic heterocycles. The van der Waals surface area contributed by atoms with E-state index in [1.165, 1.54) is 13.8 Å². The van der Waals surface area contributed by atoms with Crippen LogP contribution in [0.4, 0.5) is 0 Å². The predicted octanol–water partition coefficient (Wildman–Crippen LogP) is 4.49. The summed E-state index contributed by atoms with van der Waals surface area (Å²) in [5.41, 5.74) is 2.35. The first-order valence-corrected chi connectivity index (χ1v) is 9.93. The van der Waals surface area contributed by atoms with Crippen LogP contribution in [-0.4, -0.2) is 17.0 Å². The molecule has 6 nitrogen and oxygen atoms in total. The van der Waals surface area contributed by atoms with E-state index < -0.39 is 30.1 Å². The molecular weight excluding hydrogens is 396 g/mol. The molecule has 3 atom stereocenters. The van der Waals surface area contributed by atoms with Crippen molar-refractivity contribution >= 4 is 11.9 Å². The lowest BCUT2D eigenvalue weighted by Crippen LogP contribution is -2.28. The SMILES string of the molecule is CC(=O)Oc1ccc(C2C(O)c3ccc(OC(C)=O)cc3OC2c2ccccc2)cc1. The average molecular weight is 418 g/mol. The van der Waals surface area contributed by atoms with Crippen LogP contribution in [0.1, 0.15) is 48.7 Å². The van der Waals surface area contributed by atoms with E-state index in [0.717, 1.165) is 11.1 Å². The van der Waals surface area contributed by atoms with Crippen molar-refractivity contribution in [2.75, 3.05) is 0 Å². The zero-order valence-corrected chi connectivity index (χ0v) is 17.1. The van der Waals surface area contributed by atoms with E-state index in [2.05, 4.69) is 0 Å². The number of rotatable bonds is 4. The van der Waals surface area contributed by atoms with Gasteiger partial charge >= 0.3 is 11.9 Å². The molecule has 0 amide bonds. The van der Waals surface area contributed by atoms with Gasteiger partial charge < -0.3 is 19.3 Å². The molecule has 0 radical (unpaired) electrons. The van der Waals surface area contributed by atoms with Crippen LogP contribution in [0, 0.1) is 0 Å². The van der Waals surface area contributed by atoms with Gasteiger partial charge in [0.25, 0.3) is 0 Å². The number of ether oxygens (including phenoxy) is 3. The van der Waals surface area contributed by atoms with Gasteiger partial charge in [0.15, 0.2) is 0 Å². The smallest absolute Gasteiger partial charge is 0.308 e. The third-order valence-corrected chi connectivity index (χ3v) is 5.14. The summed E-state index contributed by atoms with van der Waals surface area (Å²) in [7, 11) is 0. The van der Waals surface area contributed by atoms with Crippen LogP contribution >= 0.6 is 0 Å². The zero-order chi connectivity index (χ0) is 22.0. The molecule has 3 aromatic carbocycles. The quantitative estimate of drug-likeness (QED) is 0.497. The summed E-state index contributed by atoms with van der Waals surface area (Å²) in [6.45, 7) is 2.68. The summed E-state index contributed by atoms with van der Waals surface area (Å²) in [5.74, 6) is 0.0310. The molecule has 6 heteroatoms. The van der Waals surface area contributed by atoms with Crippen molar-refractivity contribution in [1.82, 2.24) is 0 Å². The van der Waals surface area contributed by atoms with Gasteiger partial charge in [0.2, 0.25) is 0 Å². The lowest BCUT2D eigenvalue weighted by atomic mass is 9.80. The maximum Gasteiger partial charge on any atom is 0.308 e. The molecule has 158 valence electrons. The van der Waals surface area contributed by atoms with Crippen molar-refractivity contribution < 1.29 is 28.9 Å². The Bertz CT molecular complexity index is 1090. The Morgan fingerprint density at radius 1 is 0.806 bits per heavy atom. The third-order valence-electron chi connectivity index (χ3n) is 5.14. The Morgan fingerprint density at radius 2 is 1.42 bits per heavy atom. The van der Waals surface area contributed by atoms with Crippen molar-refractivity contribution in [2.24, 2.45) is 0 Å². The van der Waals surface area contributed by atoms with Gasteiger partial charge in [-0.25, -0.2) is 0 Å². The number of esters is 2. The second-order valence-corrected chi connectivity index (χ2v) is 7.38. The van der Waals surface area contributed by atoms with Gasteiger partial charge in [-0.1, -0.05) is 42.5 Å². The van der Waals surface area contributed by atoms with Crippen LogP contribution in [0.2, 0.25) is 0 Å². The van der Waals surface area contributed by atoms with Crippen molar-refractivity contribution in [3.8, 4) is 17.2 Å². The van der Waals surface area contributed by atoms with E-state index in [1.54, 1.807) is 30.3 Å². The Labute approximate surface area is 180 Å². The second kappa shape index (κ2) is 8.62. The summed E-state index contributed by atoms with van der Waals surface area (Å²) in [4.78, 5) is 22.5. The first-order chi connectivity index (χ1) is 14.9. The lowest BCUT2D eigenvalue weighted by Gasteiger charge is -2.38. The number of carbonyl (C=O) groups is 2. The molecule has 0 saturated carbocycles. The lowest BCUT2D eigenvalue weighted by molar-refractivity contribution is -0.132. The highest BCUT2D eigenvalue weighted by molar-refractivity contribution is 5.70. The minimum absolute atomic E-state index is 0.356. The summed E-state index contributed by atoms with van der Waals surface area (Å²) in [6, 6.07) is 21.6. The molecule has 31 heavy (non-hydrogen) atoms. The van der Waals surface area contributed by atoms with E-state index in [4.69, 9.17) is 14.2 Å². The van der Waals surface area contributed by atoms with Crippen LogP contribution < -0.4 is 14.2 Å². The van der Waals surface area contributed by atoms with E-state index in [1.807, 2.05) is 42.5 Å². The van der Waals surface area contributed by atoms with Gasteiger partial charge in [0, 0.05) is 25.5 Å². The fourth-order valence-electron chi connectivity index (χ4n) is 3.86. The van der Waals surface area contributed by atoms with Crippen LogP contribution in [0.5, 0.6) is 17.2 Å². The molecular formula is C25H22O6. The highest BCUT2D eigenvalue weighted by Gasteiger charge is 2.39. The maximum atomic E-state index is 11.3. The van der Waals surface area contributed by atoms with Crippen LogP contribution in [-0.2, 0) is 9.59 Å². The van der Waals surface area contributed by atoms with Crippen molar-refractivity contribution in [3.05, 3.63) is 89.5 Å². The summed E-state index contributed by atoms with van der Waals surface area (Å²) < 4.78 is 16.6. The molecule has 1 N–H and O–H groups in total. The number of fused-ring (bicyclic) bond motifs is 1. The number of aliphatic hydroxyl groups excluding tert-OH is 1. The average Bonchev–Trinajstić information content (AvgIpc) is 2.74. The van der Waals surface area contributed by atoms with E-state index in [9.17, 15) is 14.7 Å². The molecule has 0 aromatic heterocycles. The summed E-state index contributed by atoms with van der Waals surface area (Å²) in [5, 5.41) is 11.3. The molecule has 3 unspecified atom stereocenters. The molecule has 0 bridgehead atoms. The van der Waals surface area contributed by atoms with Crippen LogP contribution in [0.15, 0.2) is 72.8 Å². The number of hydrogen-bond acceptors (Lipinski definition) is 6. The maximum absolute atomic E-state index is 11.3. The van der Waals surface area contributed by atoms with E-state index in [0.29, 0.717) is 22.8 Å².